The van der Waals surface area contributed by atoms with Gasteiger partial charge in [-0.2, -0.15) is 0 Å². The zero-order chi connectivity index (χ0) is 22.5. The van der Waals surface area contributed by atoms with E-state index in [2.05, 4.69) is 52.4 Å². The van der Waals surface area contributed by atoms with Crippen molar-refractivity contribution in [3.8, 4) is 5.75 Å². The molecule has 30 heavy (non-hydrogen) atoms. The Kier molecular flexibility index (Phi) is 7.30. The van der Waals surface area contributed by atoms with Crippen molar-refractivity contribution in [2.75, 3.05) is 0 Å². The molecule has 0 saturated carbocycles. The van der Waals surface area contributed by atoms with E-state index in [9.17, 15) is 14.7 Å². The van der Waals surface area contributed by atoms with E-state index in [1.54, 1.807) is 0 Å². The van der Waals surface area contributed by atoms with Gasteiger partial charge in [-0.15, -0.1) is 0 Å². The molecule has 5 heteroatoms. The van der Waals surface area contributed by atoms with Gasteiger partial charge >= 0.3 is 0 Å². The van der Waals surface area contributed by atoms with Gasteiger partial charge in [-0.3, -0.25) is 20.4 Å². The van der Waals surface area contributed by atoms with Gasteiger partial charge in [0.05, 0.1) is 6.42 Å². The molecule has 0 spiro atoms. The number of hydrogen-bond acceptors (Lipinski definition) is 3. The second kappa shape index (κ2) is 9.33. The first-order valence-electron chi connectivity index (χ1n) is 10.4. The summed E-state index contributed by atoms with van der Waals surface area (Å²) in [5.41, 5.74) is 8.16. The second-order valence-corrected chi connectivity index (χ2v) is 9.80. The Morgan fingerprint density at radius 2 is 1.30 bits per heavy atom. The fourth-order valence-corrected chi connectivity index (χ4v) is 3.27. The standard InChI is InChI=1S/C25H34N2O3/c1-24(2,3)19-14-18(15-20(23(19)30)25(4,5)6)12-13-21(28)26-27-22(29)16-17-10-8-7-9-11-17/h7-11,14-15,30H,12-13,16H2,1-6H3,(H,26,28)(H,27,29). The highest BCUT2D eigenvalue weighted by molar-refractivity contribution is 5.83. The Morgan fingerprint density at radius 3 is 1.80 bits per heavy atom. The van der Waals surface area contributed by atoms with Gasteiger partial charge in [0.15, 0.2) is 0 Å². The number of hydrogen-bond donors (Lipinski definition) is 3. The average molecular weight is 411 g/mol. The van der Waals surface area contributed by atoms with Gasteiger partial charge in [-0.05, 0) is 39.5 Å². The van der Waals surface area contributed by atoms with Crippen LogP contribution in [0.1, 0.15) is 70.2 Å². The van der Waals surface area contributed by atoms with Crippen LogP contribution < -0.4 is 10.9 Å². The first-order chi connectivity index (χ1) is 13.9. The van der Waals surface area contributed by atoms with E-state index in [0.29, 0.717) is 12.2 Å². The summed E-state index contributed by atoms with van der Waals surface area (Å²) < 4.78 is 0. The average Bonchev–Trinajstić information content (AvgIpc) is 2.64. The zero-order valence-corrected chi connectivity index (χ0v) is 18.9. The van der Waals surface area contributed by atoms with Crippen LogP contribution in [0.25, 0.3) is 0 Å². The molecule has 0 radical (unpaired) electrons. The van der Waals surface area contributed by atoms with Crippen LogP contribution in [-0.2, 0) is 33.3 Å². The molecule has 0 bridgehead atoms. The van der Waals surface area contributed by atoms with Crippen LogP contribution in [-0.4, -0.2) is 16.9 Å². The third-order valence-corrected chi connectivity index (χ3v) is 4.98. The van der Waals surface area contributed by atoms with Gasteiger partial charge in [0, 0.05) is 6.42 Å². The van der Waals surface area contributed by atoms with Crippen molar-refractivity contribution in [3.05, 3.63) is 64.7 Å². The maximum atomic E-state index is 12.2. The van der Waals surface area contributed by atoms with Crippen LogP contribution in [0.2, 0.25) is 0 Å². The molecule has 0 saturated heterocycles. The number of amides is 2. The number of carbonyl (C=O) groups excluding carboxylic acids is 2. The molecule has 5 nitrogen and oxygen atoms in total. The van der Waals surface area contributed by atoms with Crippen LogP contribution in [0.5, 0.6) is 5.75 Å². The SMILES string of the molecule is CC(C)(C)c1cc(CCC(=O)NNC(=O)Cc2ccccc2)cc(C(C)(C)C)c1O. The molecule has 0 aromatic heterocycles. The Labute approximate surface area is 179 Å². The van der Waals surface area contributed by atoms with Crippen LogP contribution >= 0.6 is 0 Å². The summed E-state index contributed by atoms with van der Waals surface area (Å²) in [6.45, 7) is 12.4. The van der Waals surface area contributed by atoms with Crippen LogP contribution in [0.3, 0.4) is 0 Å². The predicted octanol–water partition coefficient (Wildman–Crippen LogP) is 4.31. The van der Waals surface area contributed by atoms with Crippen molar-refractivity contribution in [3.63, 3.8) is 0 Å². The van der Waals surface area contributed by atoms with E-state index in [-0.39, 0.29) is 35.5 Å². The van der Waals surface area contributed by atoms with Crippen molar-refractivity contribution in [2.24, 2.45) is 0 Å². The lowest BCUT2D eigenvalue weighted by Gasteiger charge is -2.28. The fraction of sp³-hybridized carbons (Fsp3) is 0.440. The van der Waals surface area contributed by atoms with Crippen molar-refractivity contribution in [1.29, 1.82) is 0 Å². The van der Waals surface area contributed by atoms with Gasteiger partial charge in [0.2, 0.25) is 11.8 Å². The number of benzene rings is 2. The summed E-state index contributed by atoms with van der Waals surface area (Å²) in [4.78, 5) is 24.2. The third-order valence-electron chi connectivity index (χ3n) is 4.98. The second-order valence-electron chi connectivity index (χ2n) is 9.80. The zero-order valence-electron chi connectivity index (χ0n) is 18.9. The number of aryl methyl sites for hydroxylation is 1. The molecule has 0 unspecified atom stereocenters. The van der Waals surface area contributed by atoms with Crippen molar-refractivity contribution >= 4 is 11.8 Å². The van der Waals surface area contributed by atoms with Gasteiger partial charge < -0.3 is 5.11 Å². The largest absolute Gasteiger partial charge is 0.507 e. The fourth-order valence-electron chi connectivity index (χ4n) is 3.27. The number of aromatic hydroxyl groups is 1. The van der Waals surface area contributed by atoms with Gasteiger partial charge in [0.1, 0.15) is 5.75 Å². The summed E-state index contributed by atoms with van der Waals surface area (Å²) in [5.74, 6) is -0.181. The first-order valence-corrected chi connectivity index (χ1v) is 10.4. The molecule has 162 valence electrons. The number of hydrazine groups is 1. The summed E-state index contributed by atoms with van der Waals surface area (Å²) in [6, 6.07) is 13.3. The Balaban J connectivity index is 2.00. The lowest BCUT2D eigenvalue weighted by atomic mass is 9.78. The quantitative estimate of drug-likeness (QED) is 0.643. The molecule has 0 aliphatic carbocycles. The molecule has 2 aromatic rings. The number of phenolic OH excluding ortho intramolecular Hbond substituents is 1. The first kappa shape index (κ1) is 23.5. The van der Waals surface area contributed by atoms with E-state index in [4.69, 9.17) is 0 Å². The predicted molar refractivity (Wildman–Crippen MR) is 120 cm³/mol. The highest BCUT2D eigenvalue weighted by Gasteiger charge is 2.26. The lowest BCUT2D eigenvalue weighted by molar-refractivity contribution is -0.128. The molecule has 3 N–H and O–H groups in total. The van der Waals surface area contributed by atoms with Gasteiger partial charge in [-0.25, -0.2) is 0 Å². The Morgan fingerprint density at radius 1 is 0.800 bits per heavy atom. The van der Waals surface area contributed by atoms with E-state index in [1.165, 1.54) is 0 Å². The minimum absolute atomic E-state index is 0.211. The number of rotatable bonds is 5. The van der Waals surface area contributed by atoms with Gasteiger partial charge in [0.25, 0.3) is 0 Å². The molecule has 0 fully saturated rings. The summed E-state index contributed by atoms with van der Waals surface area (Å²) in [6.07, 6.45) is 0.972. The minimum Gasteiger partial charge on any atom is -0.507 e. The molecule has 0 aliphatic rings. The summed E-state index contributed by atoms with van der Waals surface area (Å²) >= 11 is 0. The Bertz CT molecular complexity index is 856. The van der Waals surface area contributed by atoms with Gasteiger partial charge in [-0.1, -0.05) is 84.0 Å². The van der Waals surface area contributed by atoms with Crippen molar-refractivity contribution in [1.82, 2.24) is 10.9 Å². The third kappa shape index (κ3) is 6.61. The molecule has 0 heterocycles. The number of carbonyl (C=O) groups is 2. The minimum atomic E-state index is -0.260. The molecule has 0 aliphatic heterocycles. The molecule has 2 aromatic carbocycles. The maximum Gasteiger partial charge on any atom is 0.242 e. The van der Waals surface area contributed by atoms with E-state index in [0.717, 1.165) is 22.3 Å². The maximum absolute atomic E-state index is 12.2. The normalized spacial score (nSPS) is 11.8. The summed E-state index contributed by atoms with van der Waals surface area (Å²) in [7, 11) is 0. The summed E-state index contributed by atoms with van der Waals surface area (Å²) in [5, 5.41) is 10.8. The lowest BCUT2D eigenvalue weighted by Crippen LogP contribution is -2.42. The Hall–Kier alpha value is -2.82. The molecular formula is C25H34N2O3. The van der Waals surface area contributed by atoms with Crippen LogP contribution in [0, 0.1) is 0 Å². The molecule has 0 atom stereocenters. The highest BCUT2D eigenvalue weighted by Crippen LogP contribution is 2.39. The van der Waals surface area contributed by atoms with E-state index in [1.807, 2.05) is 42.5 Å². The van der Waals surface area contributed by atoms with Crippen molar-refractivity contribution in [2.45, 2.75) is 71.6 Å². The highest BCUT2D eigenvalue weighted by atomic mass is 16.3. The topological polar surface area (TPSA) is 78.4 Å². The van der Waals surface area contributed by atoms with Crippen molar-refractivity contribution < 1.29 is 14.7 Å². The van der Waals surface area contributed by atoms with E-state index < -0.39 is 0 Å². The molecule has 2 rings (SSSR count). The number of phenols is 1. The van der Waals surface area contributed by atoms with Crippen LogP contribution in [0.4, 0.5) is 0 Å². The van der Waals surface area contributed by atoms with Crippen LogP contribution in [0.15, 0.2) is 42.5 Å². The molecular weight excluding hydrogens is 376 g/mol. The smallest absolute Gasteiger partial charge is 0.242 e. The monoisotopic (exact) mass is 410 g/mol. The molecule has 2 amide bonds. The van der Waals surface area contributed by atoms with E-state index >= 15 is 0 Å². The number of nitrogens with one attached hydrogen (secondary N) is 2.